The summed E-state index contributed by atoms with van der Waals surface area (Å²) in [5, 5.41) is 7.04. The van der Waals surface area contributed by atoms with Crippen LogP contribution in [0.2, 0.25) is 5.02 Å². The van der Waals surface area contributed by atoms with Gasteiger partial charge in [-0.25, -0.2) is 0 Å². The van der Waals surface area contributed by atoms with Gasteiger partial charge in [-0.2, -0.15) is 0 Å². The van der Waals surface area contributed by atoms with Gasteiger partial charge in [-0.1, -0.05) is 86.8 Å². The Morgan fingerprint density at radius 2 is 1.64 bits per heavy atom. The second-order valence-electron chi connectivity index (χ2n) is 8.62. The van der Waals surface area contributed by atoms with Gasteiger partial charge in [0.25, 0.3) is 5.91 Å². The molecule has 0 radical (unpaired) electrons. The van der Waals surface area contributed by atoms with Gasteiger partial charge in [0, 0.05) is 21.8 Å². The van der Waals surface area contributed by atoms with E-state index in [0.717, 1.165) is 59.4 Å². The minimum absolute atomic E-state index is 0.151. The van der Waals surface area contributed by atoms with Crippen LogP contribution in [-0.4, -0.2) is 5.91 Å². The van der Waals surface area contributed by atoms with Gasteiger partial charge in [-0.05, 0) is 48.2 Å². The van der Waals surface area contributed by atoms with E-state index in [4.69, 9.17) is 17.3 Å². The molecule has 0 fully saturated rings. The van der Waals surface area contributed by atoms with E-state index in [1.807, 2.05) is 48.5 Å². The van der Waals surface area contributed by atoms with Crippen molar-refractivity contribution in [3.63, 3.8) is 0 Å². The summed E-state index contributed by atoms with van der Waals surface area (Å²) >= 11 is 6.15. The number of fused-ring (bicyclic) bond motifs is 1. The number of anilines is 2. The highest BCUT2D eigenvalue weighted by Gasteiger charge is 2.29. The first-order valence-corrected chi connectivity index (χ1v) is 11.9. The number of hydrogen-bond acceptors (Lipinski definition) is 3. The second kappa shape index (κ2) is 9.82. The normalized spacial score (nSPS) is 14.6. The van der Waals surface area contributed by atoms with Crippen LogP contribution in [0.15, 0.2) is 72.8 Å². The molecule has 4 N–H and O–H groups in total. The van der Waals surface area contributed by atoms with Crippen LogP contribution >= 0.6 is 11.6 Å². The van der Waals surface area contributed by atoms with Crippen LogP contribution in [0, 0.1) is 0 Å². The fourth-order valence-corrected chi connectivity index (χ4v) is 4.78. The fraction of sp³-hybridized carbons (Fsp3) is 0.250. The van der Waals surface area contributed by atoms with Gasteiger partial charge in [-0.15, -0.1) is 0 Å². The summed E-state index contributed by atoms with van der Waals surface area (Å²) in [7, 11) is 0. The van der Waals surface area contributed by atoms with Crippen molar-refractivity contribution >= 4 is 40.2 Å². The lowest BCUT2D eigenvalue weighted by Crippen LogP contribution is -2.36. The molecule has 0 aromatic heterocycles. The molecule has 0 bridgehead atoms. The van der Waals surface area contributed by atoms with E-state index in [9.17, 15) is 4.79 Å². The minimum atomic E-state index is -0.313. The minimum Gasteiger partial charge on any atom is -0.354 e. The maximum Gasteiger partial charge on any atom is 0.258 e. The Hall–Kier alpha value is -3.08. The van der Waals surface area contributed by atoms with E-state index in [1.54, 1.807) is 12.1 Å². The predicted molar refractivity (Wildman–Crippen MR) is 139 cm³/mol. The van der Waals surface area contributed by atoms with Crippen LogP contribution in [0.3, 0.4) is 0 Å². The zero-order valence-corrected chi connectivity index (χ0v) is 19.9. The fourth-order valence-electron chi connectivity index (χ4n) is 4.61. The summed E-state index contributed by atoms with van der Waals surface area (Å²) in [6.45, 7) is 4.34. The highest BCUT2D eigenvalue weighted by atomic mass is 35.5. The summed E-state index contributed by atoms with van der Waals surface area (Å²) < 4.78 is 0. The summed E-state index contributed by atoms with van der Waals surface area (Å²) in [5.74, 6) is -0.151. The number of halogens is 1. The Bertz CT molecular complexity index is 1160. The van der Waals surface area contributed by atoms with Crippen molar-refractivity contribution in [2.24, 2.45) is 5.73 Å². The van der Waals surface area contributed by atoms with E-state index >= 15 is 0 Å². The van der Waals surface area contributed by atoms with Gasteiger partial charge < -0.3 is 16.4 Å². The molecule has 33 heavy (non-hydrogen) atoms. The van der Waals surface area contributed by atoms with Crippen LogP contribution in [0.1, 0.15) is 56.2 Å². The molecular weight excluding hydrogens is 430 g/mol. The molecule has 4 nitrogen and oxygen atoms in total. The Kier molecular flexibility index (Phi) is 6.87. The lowest BCUT2D eigenvalue weighted by atomic mass is 9.83. The molecule has 1 aliphatic heterocycles. The molecule has 0 spiro atoms. The van der Waals surface area contributed by atoms with Crippen molar-refractivity contribution in [2.75, 3.05) is 10.6 Å². The molecule has 1 heterocycles. The van der Waals surface area contributed by atoms with Crippen molar-refractivity contribution in [1.29, 1.82) is 0 Å². The molecular formula is C28H30ClN3O. The molecule has 0 atom stereocenters. The molecule has 0 saturated heterocycles. The summed E-state index contributed by atoms with van der Waals surface area (Å²) in [6.07, 6.45) is 3.98. The third-order valence-electron chi connectivity index (χ3n) is 6.16. The predicted octanol–water partition coefficient (Wildman–Crippen LogP) is 7.03. The third-order valence-corrected chi connectivity index (χ3v) is 6.40. The SMILES string of the molecule is CCCC(N)(CCC)c1ccc(N/C(=C2\C(=O)Nc3cc(Cl)ccc32)c2ccccc2)cc1. The van der Waals surface area contributed by atoms with E-state index < -0.39 is 0 Å². The molecule has 5 heteroatoms. The molecule has 1 amide bonds. The van der Waals surface area contributed by atoms with Crippen molar-refractivity contribution in [3.05, 3.63) is 94.5 Å². The maximum atomic E-state index is 13.0. The Labute approximate surface area is 200 Å². The van der Waals surface area contributed by atoms with Crippen LogP contribution < -0.4 is 16.4 Å². The quantitative estimate of drug-likeness (QED) is 0.317. The van der Waals surface area contributed by atoms with Gasteiger partial charge in [0.1, 0.15) is 0 Å². The standard InChI is InChI=1S/C28H30ClN3O/c1-3-16-28(30,17-4-2)20-10-13-22(14-11-20)31-26(19-8-6-5-7-9-19)25-23-15-12-21(29)18-24(23)32-27(25)33/h5-15,18,31H,3-4,16-17,30H2,1-2H3,(H,32,33)/b26-25-. The zero-order valence-electron chi connectivity index (χ0n) is 19.1. The zero-order chi connectivity index (χ0) is 23.4. The number of benzene rings is 3. The highest BCUT2D eigenvalue weighted by molar-refractivity contribution is 6.38. The number of hydrogen-bond donors (Lipinski definition) is 3. The lowest BCUT2D eigenvalue weighted by molar-refractivity contribution is -0.110. The van der Waals surface area contributed by atoms with Crippen molar-refractivity contribution < 1.29 is 4.79 Å². The monoisotopic (exact) mass is 459 g/mol. The Morgan fingerprint density at radius 1 is 0.970 bits per heavy atom. The number of nitrogens with two attached hydrogens (primary N) is 1. The molecule has 170 valence electrons. The van der Waals surface area contributed by atoms with Crippen LogP contribution in [0.4, 0.5) is 11.4 Å². The topological polar surface area (TPSA) is 67.1 Å². The van der Waals surface area contributed by atoms with Crippen LogP contribution in [0.5, 0.6) is 0 Å². The Morgan fingerprint density at radius 3 is 2.27 bits per heavy atom. The number of amides is 1. The van der Waals surface area contributed by atoms with E-state index in [0.29, 0.717) is 10.6 Å². The summed E-state index contributed by atoms with van der Waals surface area (Å²) in [6, 6.07) is 23.7. The highest BCUT2D eigenvalue weighted by Crippen LogP contribution is 2.39. The number of nitrogens with one attached hydrogen (secondary N) is 2. The summed E-state index contributed by atoms with van der Waals surface area (Å²) in [5.41, 5.74) is 12.3. The molecule has 4 rings (SSSR count). The average molecular weight is 460 g/mol. The van der Waals surface area contributed by atoms with Gasteiger partial charge in [0.2, 0.25) is 0 Å². The van der Waals surface area contributed by atoms with Gasteiger partial charge in [0.15, 0.2) is 0 Å². The number of rotatable bonds is 8. The molecule has 1 aliphatic rings. The van der Waals surface area contributed by atoms with E-state index in [2.05, 4.69) is 36.6 Å². The van der Waals surface area contributed by atoms with Crippen molar-refractivity contribution in [3.8, 4) is 0 Å². The van der Waals surface area contributed by atoms with E-state index in [-0.39, 0.29) is 11.4 Å². The van der Waals surface area contributed by atoms with Gasteiger partial charge in [-0.3, -0.25) is 4.79 Å². The molecule has 3 aromatic rings. The number of carbonyl (C=O) groups excluding carboxylic acids is 1. The molecule has 0 saturated carbocycles. The second-order valence-corrected chi connectivity index (χ2v) is 9.05. The molecule has 3 aromatic carbocycles. The van der Waals surface area contributed by atoms with Crippen LogP contribution in [0.25, 0.3) is 11.3 Å². The van der Waals surface area contributed by atoms with Crippen molar-refractivity contribution in [2.45, 2.75) is 45.1 Å². The third kappa shape index (κ3) is 4.82. The van der Waals surface area contributed by atoms with Crippen LogP contribution in [-0.2, 0) is 10.3 Å². The first-order valence-electron chi connectivity index (χ1n) is 11.5. The average Bonchev–Trinajstić information content (AvgIpc) is 3.13. The molecule has 0 aliphatic carbocycles. The van der Waals surface area contributed by atoms with Gasteiger partial charge in [0.05, 0.1) is 17.0 Å². The first-order chi connectivity index (χ1) is 15.9. The maximum absolute atomic E-state index is 13.0. The van der Waals surface area contributed by atoms with Gasteiger partial charge >= 0.3 is 0 Å². The Balaban J connectivity index is 1.75. The van der Waals surface area contributed by atoms with Crippen molar-refractivity contribution in [1.82, 2.24) is 0 Å². The summed E-state index contributed by atoms with van der Waals surface area (Å²) in [4.78, 5) is 13.0. The van der Waals surface area contributed by atoms with E-state index in [1.165, 1.54) is 0 Å². The largest absolute Gasteiger partial charge is 0.354 e. The lowest BCUT2D eigenvalue weighted by Gasteiger charge is -2.30. The smallest absolute Gasteiger partial charge is 0.258 e. The first kappa shape index (κ1) is 23.1. The molecule has 0 unspecified atom stereocenters. The number of carbonyl (C=O) groups is 1.